The second kappa shape index (κ2) is 6.49. The van der Waals surface area contributed by atoms with E-state index in [1.165, 1.54) is 12.3 Å². The van der Waals surface area contributed by atoms with Crippen LogP contribution in [0.5, 0.6) is 11.5 Å². The number of furan rings is 2. The van der Waals surface area contributed by atoms with E-state index < -0.39 is 12.1 Å². The molecule has 0 atom stereocenters. The Kier molecular flexibility index (Phi) is 4.24. The molecule has 1 aromatic carbocycles. The van der Waals surface area contributed by atoms with E-state index in [0.29, 0.717) is 16.7 Å². The smallest absolute Gasteiger partial charge is 0.457 e. The van der Waals surface area contributed by atoms with Crippen molar-refractivity contribution in [2.24, 2.45) is 0 Å². The number of esters is 1. The quantitative estimate of drug-likeness (QED) is 0.526. The lowest BCUT2D eigenvalue weighted by molar-refractivity contribution is 0.0701. The fraction of sp³-hybridized carbons (Fsp3) is 0.176. The first kappa shape index (κ1) is 15.7. The number of carbonyl (C=O) groups is 2. The van der Waals surface area contributed by atoms with Crippen LogP contribution in [0.1, 0.15) is 23.2 Å². The first-order valence-corrected chi connectivity index (χ1v) is 7.22. The Morgan fingerprint density at radius 3 is 2.71 bits per heavy atom. The third kappa shape index (κ3) is 3.10. The first-order valence-electron chi connectivity index (χ1n) is 7.22. The van der Waals surface area contributed by atoms with Crippen LogP contribution in [0.3, 0.4) is 0 Å². The lowest BCUT2D eigenvalue weighted by Gasteiger charge is -2.04. The van der Waals surface area contributed by atoms with Crippen LogP contribution in [0.4, 0.5) is 4.79 Å². The third-order valence-electron chi connectivity index (χ3n) is 3.16. The maximum atomic E-state index is 11.9. The third-order valence-corrected chi connectivity index (χ3v) is 3.16. The summed E-state index contributed by atoms with van der Waals surface area (Å²) in [5.41, 5.74) is 0.490. The predicted octanol–water partition coefficient (Wildman–Crippen LogP) is 4.09. The molecule has 0 aliphatic rings. The van der Waals surface area contributed by atoms with Crippen molar-refractivity contribution in [2.75, 3.05) is 6.61 Å². The number of carbonyl (C=O) groups excluding carboxylic acids is 2. The molecule has 2 heterocycles. The Morgan fingerprint density at radius 2 is 2.00 bits per heavy atom. The summed E-state index contributed by atoms with van der Waals surface area (Å²) in [6.07, 6.45) is 0.547. The Balaban J connectivity index is 1.89. The summed E-state index contributed by atoms with van der Waals surface area (Å²) in [4.78, 5) is 23.5. The van der Waals surface area contributed by atoms with Crippen molar-refractivity contribution in [3.05, 3.63) is 48.1 Å². The van der Waals surface area contributed by atoms with Crippen LogP contribution in [-0.4, -0.2) is 18.7 Å². The van der Waals surface area contributed by atoms with Gasteiger partial charge in [0.1, 0.15) is 17.1 Å². The number of ether oxygens (including phenoxy) is 3. The molecule has 0 saturated heterocycles. The number of rotatable bonds is 4. The molecule has 0 aliphatic carbocycles. The van der Waals surface area contributed by atoms with Gasteiger partial charge >= 0.3 is 12.1 Å². The second-order valence-corrected chi connectivity index (χ2v) is 4.80. The molecule has 0 radical (unpaired) electrons. The van der Waals surface area contributed by atoms with Crippen molar-refractivity contribution in [1.29, 1.82) is 0 Å². The standard InChI is InChI=1S/C17H14O7/c1-3-20-17(19)24-15-10(2)22-13-7-6-11(9-12(13)15)23-16(18)14-5-4-8-21-14/h4-9H,3H2,1-2H3. The molecule has 7 nitrogen and oxygen atoms in total. The highest BCUT2D eigenvalue weighted by molar-refractivity contribution is 5.91. The van der Waals surface area contributed by atoms with Crippen LogP contribution in [0.2, 0.25) is 0 Å². The number of fused-ring (bicyclic) bond motifs is 1. The van der Waals surface area contributed by atoms with E-state index in [0.717, 1.165) is 0 Å². The average Bonchev–Trinajstić information content (AvgIpc) is 3.17. The van der Waals surface area contributed by atoms with E-state index in [4.69, 9.17) is 23.0 Å². The van der Waals surface area contributed by atoms with Crippen molar-refractivity contribution in [1.82, 2.24) is 0 Å². The summed E-state index contributed by atoms with van der Waals surface area (Å²) in [6.45, 7) is 3.52. The van der Waals surface area contributed by atoms with Crippen molar-refractivity contribution in [2.45, 2.75) is 13.8 Å². The van der Waals surface area contributed by atoms with Gasteiger partial charge in [-0.1, -0.05) is 0 Å². The molecule has 0 bridgehead atoms. The molecule has 2 aromatic heterocycles. The molecule has 0 saturated carbocycles. The van der Waals surface area contributed by atoms with Crippen LogP contribution >= 0.6 is 0 Å². The Morgan fingerprint density at radius 1 is 1.17 bits per heavy atom. The normalized spacial score (nSPS) is 10.6. The van der Waals surface area contributed by atoms with E-state index in [1.807, 2.05) is 0 Å². The Labute approximate surface area is 136 Å². The topological polar surface area (TPSA) is 88.1 Å². The number of hydrogen-bond donors (Lipinski definition) is 0. The zero-order chi connectivity index (χ0) is 17.1. The van der Waals surface area contributed by atoms with E-state index in [1.54, 1.807) is 38.1 Å². The molecule has 124 valence electrons. The molecule has 0 unspecified atom stereocenters. The summed E-state index contributed by atoms with van der Waals surface area (Å²) in [7, 11) is 0. The highest BCUT2D eigenvalue weighted by Gasteiger charge is 2.19. The van der Waals surface area contributed by atoms with Crippen molar-refractivity contribution >= 4 is 23.1 Å². The van der Waals surface area contributed by atoms with Crippen LogP contribution < -0.4 is 9.47 Å². The number of benzene rings is 1. The van der Waals surface area contributed by atoms with Gasteiger partial charge in [0.05, 0.1) is 18.3 Å². The molecule has 3 aromatic rings. The SMILES string of the molecule is CCOC(=O)Oc1c(C)oc2ccc(OC(=O)c3ccco3)cc12. The summed E-state index contributed by atoms with van der Waals surface area (Å²) in [5, 5.41) is 0.491. The van der Waals surface area contributed by atoms with Gasteiger partial charge in [0.2, 0.25) is 5.76 Å². The van der Waals surface area contributed by atoms with Crippen LogP contribution in [0.15, 0.2) is 45.4 Å². The summed E-state index contributed by atoms with van der Waals surface area (Å²) in [6, 6.07) is 7.81. The number of hydrogen-bond acceptors (Lipinski definition) is 7. The summed E-state index contributed by atoms with van der Waals surface area (Å²) in [5.74, 6) is 0.346. The van der Waals surface area contributed by atoms with Crippen molar-refractivity contribution < 1.29 is 32.6 Å². The van der Waals surface area contributed by atoms with E-state index in [9.17, 15) is 9.59 Å². The van der Waals surface area contributed by atoms with Gasteiger partial charge in [-0.3, -0.25) is 0 Å². The average molecular weight is 330 g/mol. The maximum Gasteiger partial charge on any atom is 0.513 e. The van der Waals surface area contributed by atoms with E-state index in [2.05, 4.69) is 0 Å². The van der Waals surface area contributed by atoms with Crippen molar-refractivity contribution in [3.8, 4) is 11.5 Å². The molecule has 0 N–H and O–H groups in total. The van der Waals surface area contributed by atoms with E-state index >= 15 is 0 Å². The maximum absolute atomic E-state index is 11.9. The van der Waals surface area contributed by atoms with Gasteiger partial charge in [0.25, 0.3) is 0 Å². The Hall–Kier alpha value is -3.22. The van der Waals surface area contributed by atoms with Crippen LogP contribution in [0, 0.1) is 6.92 Å². The van der Waals surface area contributed by atoms with Gasteiger partial charge in [-0.15, -0.1) is 0 Å². The first-order chi connectivity index (χ1) is 11.6. The van der Waals surface area contributed by atoms with Gasteiger partial charge in [0, 0.05) is 0 Å². The van der Waals surface area contributed by atoms with Gasteiger partial charge in [-0.25, -0.2) is 9.59 Å². The molecule has 24 heavy (non-hydrogen) atoms. The summed E-state index contributed by atoms with van der Waals surface area (Å²) >= 11 is 0. The Bertz CT molecular complexity index is 874. The highest BCUT2D eigenvalue weighted by atomic mass is 16.7. The monoisotopic (exact) mass is 330 g/mol. The lowest BCUT2D eigenvalue weighted by atomic mass is 10.2. The number of aryl methyl sites for hydroxylation is 1. The minimum Gasteiger partial charge on any atom is -0.457 e. The van der Waals surface area contributed by atoms with Gasteiger partial charge in [-0.2, -0.15) is 0 Å². The fourth-order valence-corrected chi connectivity index (χ4v) is 2.15. The largest absolute Gasteiger partial charge is 0.513 e. The van der Waals surface area contributed by atoms with Gasteiger partial charge < -0.3 is 23.0 Å². The molecule has 0 fully saturated rings. The second-order valence-electron chi connectivity index (χ2n) is 4.80. The van der Waals surface area contributed by atoms with Gasteiger partial charge in [-0.05, 0) is 44.2 Å². The molecule has 0 amide bonds. The molecular weight excluding hydrogens is 316 g/mol. The molecule has 0 aliphatic heterocycles. The van der Waals surface area contributed by atoms with Crippen LogP contribution in [-0.2, 0) is 4.74 Å². The van der Waals surface area contributed by atoms with Crippen molar-refractivity contribution in [3.63, 3.8) is 0 Å². The van der Waals surface area contributed by atoms with Gasteiger partial charge in [0.15, 0.2) is 5.75 Å². The lowest BCUT2D eigenvalue weighted by Crippen LogP contribution is -2.10. The fourth-order valence-electron chi connectivity index (χ4n) is 2.15. The molecule has 3 rings (SSSR count). The highest BCUT2D eigenvalue weighted by Crippen LogP contribution is 2.35. The van der Waals surface area contributed by atoms with Crippen LogP contribution in [0.25, 0.3) is 11.0 Å². The minimum atomic E-state index is -0.832. The zero-order valence-electron chi connectivity index (χ0n) is 13.0. The summed E-state index contributed by atoms with van der Waals surface area (Å²) < 4.78 is 25.7. The van der Waals surface area contributed by atoms with E-state index in [-0.39, 0.29) is 23.9 Å². The minimum absolute atomic E-state index is 0.0847. The molecular formula is C17H14O7. The molecule has 0 spiro atoms. The zero-order valence-corrected chi connectivity index (χ0v) is 13.0. The molecule has 7 heteroatoms. The predicted molar refractivity (Wildman–Crippen MR) is 82.3 cm³/mol.